The molecule has 0 fully saturated rings. The van der Waals surface area contributed by atoms with E-state index in [1.54, 1.807) is 13.0 Å². The van der Waals surface area contributed by atoms with Crippen molar-refractivity contribution < 1.29 is 19.1 Å². The number of benzene rings is 2. The first-order valence-electron chi connectivity index (χ1n) is 8.37. The summed E-state index contributed by atoms with van der Waals surface area (Å²) in [4.78, 5) is 23.9. The molecule has 0 aliphatic heterocycles. The normalized spacial score (nSPS) is 11.7. The number of esters is 2. The monoisotopic (exact) mass is 340 g/mol. The van der Waals surface area contributed by atoms with Crippen molar-refractivity contribution >= 4 is 28.8 Å². The van der Waals surface area contributed by atoms with Crippen LogP contribution >= 0.6 is 0 Å². The molecular weight excluding hydrogens is 316 g/mol. The molecule has 0 heterocycles. The maximum atomic E-state index is 12.0. The number of hydrogen-bond acceptors (Lipinski definition) is 4. The summed E-state index contributed by atoms with van der Waals surface area (Å²) in [5.41, 5.74) is 1.10. The van der Waals surface area contributed by atoms with Gasteiger partial charge in [0.15, 0.2) is 0 Å². The molecule has 0 spiro atoms. The highest BCUT2D eigenvalue weighted by atomic mass is 16.6. The van der Waals surface area contributed by atoms with Gasteiger partial charge < -0.3 is 9.47 Å². The third-order valence-corrected chi connectivity index (χ3v) is 3.49. The number of ether oxygens (including phenoxy) is 2. The predicted octanol–water partition coefficient (Wildman–Crippen LogP) is 4.30. The highest BCUT2D eigenvalue weighted by molar-refractivity contribution is 5.96. The molecule has 0 radical (unpaired) electrons. The van der Waals surface area contributed by atoms with Gasteiger partial charge in [-0.1, -0.05) is 36.4 Å². The summed E-state index contributed by atoms with van der Waals surface area (Å²) in [6.45, 7) is 7.59. The van der Waals surface area contributed by atoms with E-state index in [2.05, 4.69) is 0 Å². The zero-order valence-electron chi connectivity index (χ0n) is 15.2. The van der Waals surface area contributed by atoms with Crippen LogP contribution < -0.4 is 0 Å². The molecular formula is C21H24O4. The molecule has 4 nitrogen and oxygen atoms in total. The van der Waals surface area contributed by atoms with Gasteiger partial charge in [-0.2, -0.15) is 0 Å². The summed E-state index contributed by atoms with van der Waals surface area (Å²) in [5, 5.41) is 2.02. The van der Waals surface area contributed by atoms with Gasteiger partial charge in [0.2, 0.25) is 0 Å². The van der Waals surface area contributed by atoms with E-state index < -0.39 is 11.6 Å². The fourth-order valence-electron chi connectivity index (χ4n) is 2.55. The van der Waals surface area contributed by atoms with Crippen molar-refractivity contribution in [2.24, 2.45) is 0 Å². The van der Waals surface area contributed by atoms with Crippen molar-refractivity contribution in [1.82, 2.24) is 0 Å². The molecule has 0 saturated heterocycles. The van der Waals surface area contributed by atoms with Crippen LogP contribution in [0.25, 0.3) is 16.8 Å². The number of fused-ring (bicyclic) bond motifs is 1. The second-order valence-corrected chi connectivity index (χ2v) is 6.71. The second-order valence-electron chi connectivity index (χ2n) is 6.71. The summed E-state index contributed by atoms with van der Waals surface area (Å²) in [6, 6.07) is 11.7. The Kier molecular flexibility index (Phi) is 5.97. The summed E-state index contributed by atoms with van der Waals surface area (Å²) >= 11 is 0. The number of hydrogen-bond donors (Lipinski definition) is 0. The Morgan fingerprint density at radius 3 is 2.48 bits per heavy atom. The van der Waals surface area contributed by atoms with Gasteiger partial charge >= 0.3 is 11.9 Å². The Balaban J connectivity index is 2.40. The zero-order valence-corrected chi connectivity index (χ0v) is 15.2. The standard InChI is InChI=1S/C21H24O4/c1-5-24-20(23)14-16-11-10-15-8-6-7-9-17(15)18(16)12-13-19(22)25-21(2,3)4/h6-13H,5,14H2,1-4H3/b13-12+. The van der Waals surface area contributed by atoms with Gasteiger partial charge in [-0.25, -0.2) is 4.79 Å². The predicted molar refractivity (Wildman–Crippen MR) is 99.2 cm³/mol. The lowest BCUT2D eigenvalue weighted by Gasteiger charge is -2.18. The van der Waals surface area contributed by atoms with Crippen LogP contribution in [0.2, 0.25) is 0 Å². The average molecular weight is 340 g/mol. The maximum Gasteiger partial charge on any atom is 0.331 e. The third-order valence-electron chi connectivity index (χ3n) is 3.49. The van der Waals surface area contributed by atoms with E-state index >= 15 is 0 Å². The molecule has 2 aromatic carbocycles. The lowest BCUT2D eigenvalue weighted by atomic mass is 9.96. The minimum atomic E-state index is -0.548. The largest absolute Gasteiger partial charge is 0.466 e. The number of carbonyl (C=O) groups is 2. The first kappa shape index (κ1) is 18.7. The average Bonchev–Trinajstić information content (AvgIpc) is 2.52. The van der Waals surface area contributed by atoms with Gasteiger partial charge in [0.1, 0.15) is 5.60 Å². The molecule has 0 aliphatic carbocycles. The van der Waals surface area contributed by atoms with Crippen molar-refractivity contribution in [3.05, 3.63) is 53.6 Å². The van der Waals surface area contributed by atoms with Crippen LogP contribution in [0, 0.1) is 0 Å². The van der Waals surface area contributed by atoms with Gasteiger partial charge in [-0.15, -0.1) is 0 Å². The highest BCUT2D eigenvalue weighted by Crippen LogP contribution is 2.25. The van der Waals surface area contributed by atoms with Crippen molar-refractivity contribution in [3.63, 3.8) is 0 Å². The van der Waals surface area contributed by atoms with Crippen LogP contribution in [0.15, 0.2) is 42.5 Å². The number of rotatable bonds is 5. The lowest BCUT2D eigenvalue weighted by molar-refractivity contribution is -0.148. The van der Waals surface area contributed by atoms with Crippen molar-refractivity contribution in [2.75, 3.05) is 6.61 Å². The van der Waals surface area contributed by atoms with Crippen LogP contribution in [0.1, 0.15) is 38.8 Å². The molecule has 0 N–H and O–H groups in total. The Morgan fingerprint density at radius 1 is 1.08 bits per heavy atom. The Bertz CT molecular complexity index is 797. The van der Waals surface area contributed by atoms with E-state index in [-0.39, 0.29) is 12.4 Å². The van der Waals surface area contributed by atoms with Gasteiger partial charge in [-0.3, -0.25) is 4.79 Å². The highest BCUT2D eigenvalue weighted by Gasteiger charge is 2.15. The molecule has 0 saturated carbocycles. The second kappa shape index (κ2) is 7.97. The van der Waals surface area contributed by atoms with Crippen molar-refractivity contribution in [2.45, 2.75) is 39.7 Å². The SMILES string of the molecule is CCOC(=O)Cc1ccc2ccccc2c1/C=C/C(=O)OC(C)(C)C. The van der Waals surface area contributed by atoms with Crippen LogP contribution in [0.5, 0.6) is 0 Å². The van der Waals surface area contributed by atoms with Gasteiger partial charge in [-0.05, 0) is 55.7 Å². The smallest absolute Gasteiger partial charge is 0.331 e. The molecule has 0 amide bonds. The molecule has 0 aromatic heterocycles. The molecule has 132 valence electrons. The third kappa shape index (κ3) is 5.45. The quantitative estimate of drug-likeness (QED) is 0.601. The molecule has 0 aliphatic rings. The lowest BCUT2D eigenvalue weighted by Crippen LogP contribution is -2.22. The molecule has 0 unspecified atom stereocenters. The Hall–Kier alpha value is -2.62. The maximum absolute atomic E-state index is 12.0. The zero-order chi connectivity index (χ0) is 18.4. The summed E-state index contributed by atoms with van der Waals surface area (Å²) in [6.07, 6.45) is 3.28. The minimum absolute atomic E-state index is 0.159. The topological polar surface area (TPSA) is 52.6 Å². The van der Waals surface area contributed by atoms with E-state index in [1.807, 2.05) is 57.2 Å². The van der Waals surface area contributed by atoms with E-state index in [1.165, 1.54) is 6.08 Å². The van der Waals surface area contributed by atoms with Crippen LogP contribution in [0.3, 0.4) is 0 Å². The van der Waals surface area contributed by atoms with Crippen molar-refractivity contribution in [3.8, 4) is 0 Å². The van der Waals surface area contributed by atoms with Crippen LogP contribution in [0.4, 0.5) is 0 Å². The molecule has 0 bridgehead atoms. The summed E-state index contributed by atoms with van der Waals surface area (Å²) in [5.74, 6) is -0.702. The molecule has 2 aromatic rings. The summed E-state index contributed by atoms with van der Waals surface area (Å²) in [7, 11) is 0. The van der Waals surface area contributed by atoms with Crippen LogP contribution in [-0.2, 0) is 25.5 Å². The fourth-order valence-corrected chi connectivity index (χ4v) is 2.55. The molecule has 2 rings (SSSR count). The first-order valence-corrected chi connectivity index (χ1v) is 8.37. The van der Waals surface area contributed by atoms with Gasteiger partial charge in [0, 0.05) is 6.08 Å². The Morgan fingerprint density at radius 2 is 1.80 bits per heavy atom. The first-order chi connectivity index (χ1) is 11.8. The summed E-state index contributed by atoms with van der Waals surface area (Å²) < 4.78 is 10.4. The van der Waals surface area contributed by atoms with Crippen molar-refractivity contribution in [1.29, 1.82) is 0 Å². The molecule has 4 heteroatoms. The van der Waals surface area contributed by atoms with E-state index in [4.69, 9.17) is 9.47 Å². The van der Waals surface area contributed by atoms with E-state index in [0.29, 0.717) is 6.61 Å². The number of carbonyl (C=O) groups excluding carboxylic acids is 2. The van der Waals surface area contributed by atoms with Gasteiger partial charge in [0.25, 0.3) is 0 Å². The van der Waals surface area contributed by atoms with E-state index in [0.717, 1.165) is 21.9 Å². The molecule has 25 heavy (non-hydrogen) atoms. The minimum Gasteiger partial charge on any atom is -0.466 e. The fraction of sp³-hybridized carbons (Fsp3) is 0.333. The van der Waals surface area contributed by atoms with Gasteiger partial charge in [0.05, 0.1) is 13.0 Å². The Labute approximate surface area is 148 Å². The van der Waals surface area contributed by atoms with Crippen LogP contribution in [-0.4, -0.2) is 24.1 Å². The molecule has 0 atom stereocenters. The van der Waals surface area contributed by atoms with E-state index in [9.17, 15) is 9.59 Å².